The summed E-state index contributed by atoms with van der Waals surface area (Å²) in [5.74, 6) is -0.272. The lowest BCUT2D eigenvalue weighted by Crippen LogP contribution is -2.29. The lowest BCUT2D eigenvalue weighted by molar-refractivity contribution is 0.0936. The van der Waals surface area contributed by atoms with Crippen LogP contribution in [-0.2, 0) is 16.4 Å². The van der Waals surface area contributed by atoms with E-state index in [1.165, 1.54) is 29.0 Å². The Morgan fingerprint density at radius 1 is 0.966 bits per heavy atom. The minimum Gasteiger partial charge on any atom is -0.345 e. The highest BCUT2D eigenvalue weighted by Gasteiger charge is 2.25. The van der Waals surface area contributed by atoms with Crippen molar-refractivity contribution < 1.29 is 13.2 Å². The largest absolute Gasteiger partial charge is 0.345 e. The van der Waals surface area contributed by atoms with Gasteiger partial charge in [-0.25, -0.2) is 8.42 Å². The van der Waals surface area contributed by atoms with Crippen LogP contribution in [0.1, 0.15) is 33.9 Å². The number of sulfonamides is 1. The number of hydrogen-bond donors (Lipinski definition) is 1. The molecular formula is C23H22N2O3S. The summed E-state index contributed by atoms with van der Waals surface area (Å²) in [5.41, 5.74) is 3.27. The van der Waals surface area contributed by atoms with Gasteiger partial charge in [0.1, 0.15) is 0 Å². The van der Waals surface area contributed by atoms with E-state index in [1.807, 2.05) is 24.3 Å². The second-order valence-corrected chi connectivity index (χ2v) is 9.07. The lowest BCUT2D eigenvalue weighted by Gasteiger charge is -2.20. The fourth-order valence-electron chi connectivity index (χ4n) is 3.68. The molecule has 4 rings (SSSR count). The molecule has 1 N–H and O–H groups in total. The molecule has 1 amide bonds. The molecule has 0 saturated heterocycles. The molecule has 5 nitrogen and oxygen atoms in total. The predicted octanol–water partition coefficient (Wildman–Crippen LogP) is 3.93. The number of aryl methyl sites for hydroxylation is 1. The smallest absolute Gasteiger partial charge is 0.264 e. The van der Waals surface area contributed by atoms with Gasteiger partial charge in [-0.3, -0.25) is 9.10 Å². The van der Waals surface area contributed by atoms with Crippen LogP contribution in [0.5, 0.6) is 0 Å². The number of benzene rings is 3. The zero-order chi connectivity index (χ0) is 20.4. The van der Waals surface area contributed by atoms with Crippen LogP contribution in [-0.4, -0.2) is 21.4 Å². The Balaban J connectivity index is 1.57. The number of amides is 1. The van der Waals surface area contributed by atoms with Crippen LogP contribution in [0.2, 0.25) is 0 Å². The van der Waals surface area contributed by atoms with Crippen LogP contribution in [0.4, 0.5) is 5.69 Å². The Morgan fingerprint density at radius 3 is 2.48 bits per heavy atom. The van der Waals surface area contributed by atoms with E-state index in [1.54, 1.807) is 36.4 Å². The average molecular weight is 407 g/mol. The van der Waals surface area contributed by atoms with Gasteiger partial charge in [0.05, 0.1) is 16.6 Å². The topological polar surface area (TPSA) is 66.5 Å². The molecule has 0 radical (unpaired) electrons. The summed E-state index contributed by atoms with van der Waals surface area (Å²) in [7, 11) is -2.26. The summed E-state index contributed by atoms with van der Waals surface area (Å²) in [4.78, 5) is 12.9. The van der Waals surface area contributed by atoms with Gasteiger partial charge in [0.2, 0.25) is 0 Å². The van der Waals surface area contributed by atoms with E-state index < -0.39 is 10.0 Å². The molecule has 148 valence electrons. The zero-order valence-electron chi connectivity index (χ0n) is 16.1. The van der Waals surface area contributed by atoms with Crippen LogP contribution in [0.25, 0.3) is 0 Å². The van der Waals surface area contributed by atoms with Gasteiger partial charge in [0.25, 0.3) is 15.9 Å². The molecule has 0 saturated carbocycles. The molecule has 29 heavy (non-hydrogen) atoms. The van der Waals surface area contributed by atoms with Crippen molar-refractivity contribution in [3.63, 3.8) is 0 Å². The van der Waals surface area contributed by atoms with Gasteiger partial charge in [0, 0.05) is 12.6 Å². The molecule has 0 fully saturated rings. The Morgan fingerprint density at radius 2 is 1.69 bits per heavy atom. The summed E-state index contributed by atoms with van der Waals surface area (Å²) in [6, 6.07) is 23.1. The Bertz CT molecular complexity index is 1140. The molecule has 6 heteroatoms. The highest BCUT2D eigenvalue weighted by Crippen LogP contribution is 2.31. The fraction of sp³-hybridized carbons (Fsp3) is 0.174. The number of fused-ring (bicyclic) bond motifs is 1. The monoisotopic (exact) mass is 406 g/mol. The summed E-state index contributed by atoms with van der Waals surface area (Å²) < 4.78 is 27.2. The summed E-state index contributed by atoms with van der Waals surface area (Å²) in [6.07, 6.45) is 1.78. The maximum atomic E-state index is 13.0. The maximum absolute atomic E-state index is 13.0. The Kier molecular flexibility index (Phi) is 5.11. The first-order valence-electron chi connectivity index (χ1n) is 9.49. The molecule has 1 unspecified atom stereocenters. The number of para-hydroxylation sites is 1. The molecule has 3 aromatic rings. The van der Waals surface area contributed by atoms with Crippen molar-refractivity contribution in [2.75, 3.05) is 11.4 Å². The number of rotatable bonds is 5. The van der Waals surface area contributed by atoms with Crippen LogP contribution in [0.15, 0.2) is 83.8 Å². The summed E-state index contributed by atoms with van der Waals surface area (Å²) in [6.45, 7) is 0. The van der Waals surface area contributed by atoms with Gasteiger partial charge in [-0.1, -0.05) is 48.5 Å². The third-order valence-corrected chi connectivity index (χ3v) is 7.09. The van der Waals surface area contributed by atoms with E-state index in [2.05, 4.69) is 11.4 Å². The van der Waals surface area contributed by atoms with E-state index in [9.17, 15) is 13.2 Å². The molecule has 3 aromatic carbocycles. The minimum atomic E-state index is -3.77. The van der Waals surface area contributed by atoms with Crippen molar-refractivity contribution >= 4 is 21.6 Å². The second-order valence-electron chi connectivity index (χ2n) is 7.10. The molecule has 0 spiro atoms. The molecule has 1 aliphatic rings. The first-order chi connectivity index (χ1) is 14.0. The third-order valence-electron chi connectivity index (χ3n) is 5.31. The number of carbonyl (C=O) groups excluding carboxylic acids is 1. The molecule has 0 bridgehead atoms. The highest BCUT2D eigenvalue weighted by atomic mass is 32.2. The van der Waals surface area contributed by atoms with Crippen LogP contribution in [0, 0.1) is 0 Å². The van der Waals surface area contributed by atoms with Gasteiger partial charge in [-0.05, 0) is 54.3 Å². The first-order valence-corrected chi connectivity index (χ1v) is 10.9. The van der Waals surface area contributed by atoms with E-state index in [0.717, 1.165) is 18.4 Å². The second kappa shape index (κ2) is 7.72. The van der Waals surface area contributed by atoms with E-state index in [4.69, 9.17) is 0 Å². The molecular weight excluding hydrogens is 384 g/mol. The summed E-state index contributed by atoms with van der Waals surface area (Å²) >= 11 is 0. The van der Waals surface area contributed by atoms with Crippen LogP contribution >= 0.6 is 0 Å². The average Bonchev–Trinajstić information content (AvgIpc) is 3.16. The first kappa shape index (κ1) is 19.2. The molecule has 0 aromatic heterocycles. The third kappa shape index (κ3) is 3.76. The number of hydrogen-bond acceptors (Lipinski definition) is 3. The van der Waals surface area contributed by atoms with Crippen molar-refractivity contribution in [1.82, 2.24) is 5.32 Å². The van der Waals surface area contributed by atoms with E-state index >= 15 is 0 Å². The Labute approximate surface area is 171 Å². The van der Waals surface area contributed by atoms with Crippen molar-refractivity contribution in [1.29, 1.82) is 0 Å². The normalized spacial score (nSPS) is 15.6. The van der Waals surface area contributed by atoms with Gasteiger partial charge in [-0.2, -0.15) is 0 Å². The minimum absolute atomic E-state index is 0.0500. The van der Waals surface area contributed by atoms with Gasteiger partial charge in [0.15, 0.2) is 0 Å². The quantitative estimate of drug-likeness (QED) is 0.698. The lowest BCUT2D eigenvalue weighted by atomic mass is 10.1. The van der Waals surface area contributed by atoms with Crippen LogP contribution < -0.4 is 9.62 Å². The summed E-state index contributed by atoms with van der Waals surface area (Å²) in [5, 5.41) is 3.04. The number of nitrogens with one attached hydrogen (secondary N) is 1. The zero-order valence-corrected chi connectivity index (χ0v) is 16.9. The van der Waals surface area contributed by atoms with E-state index in [-0.39, 0.29) is 16.8 Å². The van der Waals surface area contributed by atoms with Crippen molar-refractivity contribution in [2.24, 2.45) is 0 Å². The maximum Gasteiger partial charge on any atom is 0.264 e. The number of nitrogens with zero attached hydrogens (tertiary/aromatic N) is 1. The van der Waals surface area contributed by atoms with Crippen molar-refractivity contribution in [2.45, 2.75) is 23.8 Å². The molecule has 1 atom stereocenters. The molecule has 0 aliphatic heterocycles. The Hall–Kier alpha value is -3.12. The molecule has 1 aliphatic carbocycles. The standard InChI is InChI=1S/C23H22N2O3S/c1-25(19-10-3-2-4-11-19)29(27,28)20-12-7-9-18(16-20)23(26)24-22-15-14-17-8-5-6-13-21(17)22/h2-13,16,22H,14-15H2,1H3,(H,24,26). The van der Waals surface area contributed by atoms with Crippen LogP contribution in [0.3, 0.4) is 0 Å². The predicted molar refractivity (Wildman–Crippen MR) is 113 cm³/mol. The number of carbonyl (C=O) groups is 1. The number of anilines is 1. The van der Waals surface area contributed by atoms with Gasteiger partial charge >= 0.3 is 0 Å². The van der Waals surface area contributed by atoms with Crippen molar-refractivity contribution in [3.8, 4) is 0 Å². The van der Waals surface area contributed by atoms with E-state index in [0.29, 0.717) is 11.3 Å². The fourth-order valence-corrected chi connectivity index (χ4v) is 4.92. The van der Waals surface area contributed by atoms with Gasteiger partial charge in [-0.15, -0.1) is 0 Å². The molecule has 0 heterocycles. The van der Waals surface area contributed by atoms with Crippen molar-refractivity contribution in [3.05, 3.63) is 95.6 Å². The van der Waals surface area contributed by atoms with Gasteiger partial charge < -0.3 is 5.32 Å². The SMILES string of the molecule is CN(c1ccccc1)S(=O)(=O)c1cccc(C(=O)NC2CCc3ccccc32)c1. The highest BCUT2D eigenvalue weighted by molar-refractivity contribution is 7.92.